The van der Waals surface area contributed by atoms with Crippen LogP contribution in [0, 0.1) is 0 Å². The van der Waals surface area contributed by atoms with Crippen molar-refractivity contribution in [3.63, 3.8) is 0 Å². The fraction of sp³-hybridized carbons (Fsp3) is 0.158. The van der Waals surface area contributed by atoms with E-state index in [0.717, 1.165) is 11.1 Å². The molecule has 3 rings (SSSR count). The fourth-order valence-electron chi connectivity index (χ4n) is 2.28. The lowest BCUT2D eigenvalue weighted by molar-refractivity contribution is 0.269. The smallest absolute Gasteiger partial charge is 0.205 e. The Hall–Kier alpha value is -2.77. The summed E-state index contributed by atoms with van der Waals surface area (Å²) in [6.07, 6.45) is 1.68. The molecule has 0 aliphatic rings. The van der Waals surface area contributed by atoms with Crippen LogP contribution >= 0.6 is 22.9 Å². The number of benzene rings is 2. The molecule has 0 unspecified atom stereocenters. The van der Waals surface area contributed by atoms with E-state index in [1.54, 1.807) is 11.6 Å². The zero-order valence-corrected chi connectivity index (χ0v) is 16.3. The van der Waals surface area contributed by atoms with Gasteiger partial charge < -0.3 is 15.2 Å². The van der Waals surface area contributed by atoms with Crippen molar-refractivity contribution in [3.05, 3.63) is 64.0 Å². The van der Waals surface area contributed by atoms with Crippen LogP contribution in [0.25, 0.3) is 0 Å². The van der Waals surface area contributed by atoms with Crippen molar-refractivity contribution in [2.24, 2.45) is 5.10 Å². The Labute approximate surface area is 166 Å². The molecule has 3 aromatic rings. The standard InChI is InChI=1S/C19H19ClN4O2S/c1-2-25-17-9-13(10-22-24-19-23-18(21)12-27-19)6-7-16(17)26-11-14-4-3-5-15(20)8-14/h3-10,12H,2,11,21H2,1H3,(H,23,24). The molecule has 0 saturated carbocycles. The van der Waals surface area contributed by atoms with Gasteiger partial charge in [-0.15, -0.1) is 11.3 Å². The molecule has 8 heteroatoms. The Bertz CT molecular complexity index is 930. The van der Waals surface area contributed by atoms with Crippen LogP contribution in [0.5, 0.6) is 11.5 Å². The summed E-state index contributed by atoms with van der Waals surface area (Å²) in [4.78, 5) is 4.08. The molecule has 3 N–H and O–H groups in total. The van der Waals surface area contributed by atoms with Crippen LogP contribution in [-0.2, 0) is 6.61 Å². The molecule has 0 atom stereocenters. The van der Waals surface area contributed by atoms with Crippen molar-refractivity contribution in [3.8, 4) is 11.5 Å². The normalized spacial score (nSPS) is 10.9. The molecule has 27 heavy (non-hydrogen) atoms. The van der Waals surface area contributed by atoms with Gasteiger partial charge in [0.05, 0.1) is 12.8 Å². The quantitative estimate of drug-likeness (QED) is 0.417. The molecule has 1 aromatic heterocycles. The molecule has 0 spiro atoms. The van der Waals surface area contributed by atoms with Gasteiger partial charge in [0.15, 0.2) is 11.5 Å². The Kier molecular flexibility index (Phi) is 6.51. The van der Waals surface area contributed by atoms with Crippen LogP contribution in [0.3, 0.4) is 0 Å². The lowest BCUT2D eigenvalue weighted by atomic mass is 10.2. The van der Waals surface area contributed by atoms with Gasteiger partial charge in [0, 0.05) is 10.4 Å². The molecule has 140 valence electrons. The van der Waals surface area contributed by atoms with Crippen molar-refractivity contribution in [2.75, 3.05) is 17.8 Å². The van der Waals surface area contributed by atoms with E-state index >= 15 is 0 Å². The summed E-state index contributed by atoms with van der Waals surface area (Å²) in [5.41, 5.74) is 10.3. The maximum atomic E-state index is 6.01. The van der Waals surface area contributed by atoms with Crippen LogP contribution in [0.15, 0.2) is 52.9 Å². The largest absolute Gasteiger partial charge is 0.490 e. The summed E-state index contributed by atoms with van der Waals surface area (Å²) in [5, 5.41) is 7.23. The predicted molar refractivity (Wildman–Crippen MR) is 111 cm³/mol. The predicted octanol–water partition coefficient (Wildman–Crippen LogP) is 4.80. The number of nitrogen functional groups attached to an aromatic ring is 1. The first-order chi connectivity index (χ1) is 13.1. The Morgan fingerprint density at radius 1 is 1.22 bits per heavy atom. The number of anilines is 2. The van der Waals surface area contributed by atoms with Gasteiger partial charge in [-0.05, 0) is 48.4 Å². The van der Waals surface area contributed by atoms with Gasteiger partial charge in [-0.2, -0.15) is 5.10 Å². The molecule has 0 bridgehead atoms. The van der Waals surface area contributed by atoms with Crippen LogP contribution < -0.4 is 20.6 Å². The number of hydrazone groups is 1. The topological polar surface area (TPSA) is 81.8 Å². The number of halogens is 1. The number of nitrogens with one attached hydrogen (secondary N) is 1. The minimum Gasteiger partial charge on any atom is -0.490 e. The van der Waals surface area contributed by atoms with Crippen LogP contribution in [0.2, 0.25) is 5.02 Å². The highest BCUT2D eigenvalue weighted by molar-refractivity contribution is 7.14. The van der Waals surface area contributed by atoms with E-state index in [1.807, 2.05) is 49.4 Å². The second-order valence-electron chi connectivity index (χ2n) is 5.51. The second-order valence-corrected chi connectivity index (χ2v) is 6.80. The van der Waals surface area contributed by atoms with Crippen molar-refractivity contribution in [2.45, 2.75) is 13.5 Å². The van der Waals surface area contributed by atoms with E-state index in [4.69, 9.17) is 26.8 Å². The van der Waals surface area contributed by atoms with Crippen molar-refractivity contribution < 1.29 is 9.47 Å². The zero-order chi connectivity index (χ0) is 19.1. The molecule has 0 aliphatic heterocycles. The number of nitrogens with zero attached hydrogens (tertiary/aromatic N) is 2. The Balaban J connectivity index is 1.68. The van der Waals surface area contributed by atoms with Gasteiger partial charge in [-0.25, -0.2) is 4.98 Å². The minimum absolute atomic E-state index is 0.404. The molecule has 0 aliphatic carbocycles. The summed E-state index contributed by atoms with van der Waals surface area (Å²) in [7, 11) is 0. The SMILES string of the molecule is CCOc1cc(C=NNc2nc(N)cs2)ccc1OCc1cccc(Cl)c1. The number of hydrogen-bond acceptors (Lipinski definition) is 7. The first-order valence-electron chi connectivity index (χ1n) is 8.28. The summed E-state index contributed by atoms with van der Waals surface area (Å²) in [6, 6.07) is 13.2. The number of thiazole rings is 1. The highest BCUT2D eigenvalue weighted by Crippen LogP contribution is 2.29. The maximum absolute atomic E-state index is 6.01. The zero-order valence-electron chi connectivity index (χ0n) is 14.7. The number of aromatic nitrogens is 1. The van der Waals surface area contributed by atoms with E-state index in [0.29, 0.717) is 40.7 Å². The number of rotatable bonds is 8. The third-order valence-electron chi connectivity index (χ3n) is 3.45. The fourth-order valence-corrected chi connectivity index (χ4v) is 3.04. The first kappa shape index (κ1) is 19.0. The van der Waals surface area contributed by atoms with Crippen molar-refractivity contribution in [1.29, 1.82) is 0 Å². The lowest BCUT2D eigenvalue weighted by Crippen LogP contribution is -2.00. The van der Waals surface area contributed by atoms with E-state index in [1.165, 1.54) is 11.3 Å². The van der Waals surface area contributed by atoms with Gasteiger partial charge in [-0.1, -0.05) is 23.7 Å². The van der Waals surface area contributed by atoms with E-state index in [9.17, 15) is 0 Å². The molecule has 0 saturated heterocycles. The van der Waals surface area contributed by atoms with E-state index in [2.05, 4.69) is 15.5 Å². The maximum Gasteiger partial charge on any atom is 0.205 e. The molecule has 0 amide bonds. The summed E-state index contributed by atoms with van der Waals surface area (Å²) in [5.74, 6) is 1.79. The highest BCUT2D eigenvalue weighted by atomic mass is 35.5. The van der Waals surface area contributed by atoms with E-state index in [-0.39, 0.29) is 0 Å². The van der Waals surface area contributed by atoms with Crippen LogP contribution in [0.1, 0.15) is 18.1 Å². The minimum atomic E-state index is 0.404. The summed E-state index contributed by atoms with van der Waals surface area (Å²) >= 11 is 7.40. The summed E-state index contributed by atoms with van der Waals surface area (Å²) < 4.78 is 11.6. The average Bonchev–Trinajstić information content (AvgIpc) is 3.06. The van der Waals surface area contributed by atoms with Gasteiger partial charge in [0.1, 0.15) is 12.4 Å². The second kappa shape index (κ2) is 9.25. The number of ether oxygens (including phenoxy) is 2. The Morgan fingerprint density at radius 3 is 2.85 bits per heavy atom. The first-order valence-corrected chi connectivity index (χ1v) is 9.54. The van der Waals surface area contributed by atoms with Crippen LogP contribution in [0.4, 0.5) is 10.9 Å². The molecular formula is C19H19ClN4O2S. The molecular weight excluding hydrogens is 384 g/mol. The molecule has 0 radical (unpaired) electrons. The van der Waals surface area contributed by atoms with E-state index < -0.39 is 0 Å². The molecule has 0 fully saturated rings. The monoisotopic (exact) mass is 402 g/mol. The van der Waals surface area contributed by atoms with Crippen LogP contribution in [-0.4, -0.2) is 17.8 Å². The van der Waals surface area contributed by atoms with Crippen molar-refractivity contribution >= 4 is 40.1 Å². The Morgan fingerprint density at radius 2 is 2.11 bits per heavy atom. The van der Waals surface area contributed by atoms with Crippen molar-refractivity contribution in [1.82, 2.24) is 4.98 Å². The van der Waals surface area contributed by atoms with Gasteiger partial charge >= 0.3 is 0 Å². The summed E-state index contributed by atoms with van der Waals surface area (Å²) in [6.45, 7) is 2.86. The van der Waals surface area contributed by atoms with Gasteiger partial charge in [0.2, 0.25) is 5.13 Å². The molecule has 2 aromatic carbocycles. The highest BCUT2D eigenvalue weighted by Gasteiger charge is 2.07. The average molecular weight is 403 g/mol. The van der Waals surface area contributed by atoms with Gasteiger partial charge in [-0.3, -0.25) is 5.43 Å². The molecule has 6 nitrogen and oxygen atoms in total. The number of hydrogen-bond donors (Lipinski definition) is 2. The van der Waals surface area contributed by atoms with Gasteiger partial charge in [0.25, 0.3) is 0 Å². The third kappa shape index (κ3) is 5.60. The molecule has 1 heterocycles. The lowest BCUT2D eigenvalue weighted by Gasteiger charge is -2.12. The number of nitrogens with two attached hydrogens (primary N) is 1. The third-order valence-corrected chi connectivity index (χ3v) is 4.45.